The van der Waals surface area contributed by atoms with Gasteiger partial charge in [-0.15, -0.1) is 0 Å². The monoisotopic (exact) mass is 459 g/mol. The van der Waals surface area contributed by atoms with E-state index in [2.05, 4.69) is 26.3 Å². The van der Waals surface area contributed by atoms with Crippen LogP contribution in [0.2, 0.25) is 0 Å². The maximum Gasteiger partial charge on any atom is 0.322 e. The molecule has 4 amide bonds. The number of urea groups is 1. The van der Waals surface area contributed by atoms with Crippen LogP contribution < -0.4 is 26.0 Å². The van der Waals surface area contributed by atoms with Gasteiger partial charge in [0.2, 0.25) is 5.91 Å². The Labute approximate surface area is 196 Å². The molecule has 2 aliphatic rings. The van der Waals surface area contributed by atoms with Crippen LogP contribution in [0.5, 0.6) is 5.75 Å². The van der Waals surface area contributed by atoms with Crippen LogP contribution in [0.1, 0.15) is 17.7 Å². The van der Waals surface area contributed by atoms with E-state index in [9.17, 15) is 14.4 Å². The lowest BCUT2D eigenvalue weighted by molar-refractivity contribution is -0.125. The van der Waals surface area contributed by atoms with Gasteiger partial charge in [0.05, 0.1) is 5.52 Å². The minimum atomic E-state index is -1.07. The quantitative estimate of drug-likeness (QED) is 0.420. The van der Waals surface area contributed by atoms with Crippen LogP contribution in [-0.2, 0) is 16.2 Å². The summed E-state index contributed by atoms with van der Waals surface area (Å²) in [6.45, 7) is 3.14. The van der Waals surface area contributed by atoms with Gasteiger partial charge in [0.1, 0.15) is 17.9 Å². The highest BCUT2D eigenvalue weighted by Gasteiger charge is 2.54. The Kier molecular flexibility index (Phi) is 5.62. The number of amides is 4. The summed E-state index contributed by atoms with van der Waals surface area (Å²) in [6, 6.07) is 16.6. The Morgan fingerprint density at radius 2 is 1.97 bits per heavy atom. The van der Waals surface area contributed by atoms with Crippen molar-refractivity contribution in [3.8, 4) is 5.75 Å². The lowest BCUT2D eigenvalue weighted by Crippen LogP contribution is -2.54. The molecule has 3 aromatic rings. The maximum atomic E-state index is 12.6. The summed E-state index contributed by atoms with van der Waals surface area (Å²) < 4.78 is 5.97. The number of rotatable bonds is 6. The average Bonchev–Trinajstić information content (AvgIpc) is 3.34. The van der Waals surface area contributed by atoms with Crippen LogP contribution in [0.4, 0.5) is 10.5 Å². The number of aryl methyl sites for hydroxylation is 1. The van der Waals surface area contributed by atoms with Crippen LogP contribution >= 0.6 is 0 Å². The van der Waals surface area contributed by atoms with E-state index in [4.69, 9.17) is 4.74 Å². The summed E-state index contributed by atoms with van der Waals surface area (Å²) >= 11 is 0. The minimum absolute atomic E-state index is 0.105. The first kappa shape index (κ1) is 21.8. The number of nitrogens with one attached hydrogen (secondary N) is 4. The lowest BCUT2D eigenvalue weighted by Gasteiger charge is -2.26. The van der Waals surface area contributed by atoms with E-state index in [1.165, 1.54) is 0 Å². The number of benzene rings is 2. The number of ether oxygens (including phenoxy) is 1. The van der Waals surface area contributed by atoms with Crippen molar-refractivity contribution in [2.75, 3.05) is 18.4 Å². The van der Waals surface area contributed by atoms with E-state index in [0.29, 0.717) is 31.1 Å². The molecule has 0 aliphatic carbocycles. The molecule has 34 heavy (non-hydrogen) atoms. The van der Waals surface area contributed by atoms with Gasteiger partial charge in [-0.3, -0.25) is 19.9 Å². The molecule has 2 atom stereocenters. The zero-order chi connectivity index (χ0) is 23.7. The van der Waals surface area contributed by atoms with E-state index in [-0.39, 0.29) is 24.2 Å². The summed E-state index contributed by atoms with van der Waals surface area (Å²) in [4.78, 5) is 41.1. The molecule has 9 heteroatoms. The molecule has 0 radical (unpaired) electrons. The molecule has 1 spiro atoms. The van der Waals surface area contributed by atoms with Gasteiger partial charge in [-0.25, -0.2) is 4.79 Å². The van der Waals surface area contributed by atoms with Crippen LogP contribution in [-0.4, -0.2) is 41.5 Å². The second-order valence-corrected chi connectivity index (χ2v) is 8.71. The molecule has 0 bridgehead atoms. The van der Waals surface area contributed by atoms with Gasteiger partial charge in [-0.05, 0) is 43.3 Å². The third-order valence-electron chi connectivity index (χ3n) is 6.35. The number of pyridine rings is 1. The zero-order valence-electron chi connectivity index (χ0n) is 18.7. The lowest BCUT2D eigenvalue weighted by atomic mass is 9.84. The molecule has 4 N–H and O–H groups in total. The van der Waals surface area contributed by atoms with Crippen molar-refractivity contribution in [3.63, 3.8) is 0 Å². The van der Waals surface area contributed by atoms with Gasteiger partial charge in [0.25, 0.3) is 5.91 Å². The zero-order valence-corrected chi connectivity index (χ0v) is 18.7. The van der Waals surface area contributed by atoms with E-state index in [1.807, 2.05) is 37.3 Å². The van der Waals surface area contributed by atoms with E-state index in [0.717, 1.165) is 22.2 Å². The van der Waals surface area contributed by atoms with Crippen LogP contribution in [0.15, 0.2) is 54.6 Å². The van der Waals surface area contributed by atoms with Gasteiger partial charge in [0, 0.05) is 47.8 Å². The molecular formula is C25H25N5O4. The van der Waals surface area contributed by atoms with Gasteiger partial charge < -0.3 is 20.7 Å². The van der Waals surface area contributed by atoms with Gasteiger partial charge in [0.15, 0.2) is 0 Å². The first-order valence-electron chi connectivity index (χ1n) is 11.2. The molecule has 2 aliphatic heterocycles. The SMILES string of the molecule is Cc1cc(COc2ccc(NC(=O)CC3CNCC34NC(=O)NC4=O)cc2)c2ccccc2n1. The molecule has 9 nitrogen and oxygen atoms in total. The first-order valence-corrected chi connectivity index (χ1v) is 11.2. The predicted molar refractivity (Wildman–Crippen MR) is 126 cm³/mol. The highest BCUT2D eigenvalue weighted by atomic mass is 16.5. The fourth-order valence-electron chi connectivity index (χ4n) is 4.67. The Bertz CT molecular complexity index is 1280. The van der Waals surface area contributed by atoms with Gasteiger partial charge in [-0.1, -0.05) is 18.2 Å². The summed E-state index contributed by atoms with van der Waals surface area (Å²) in [5.74, 6) is -0.269. The second-order valence-electron chi connectivity index (χ2n) is 8.71. The number of imide groups is 1. The average molecular weight is 460 g/mol. The van der Waals surface area contributed by atoms with Crippen LogP contribution in [0.25, 0.3) is 10.9 Å². The maximum absolute atomic E-state index is 12.6. The van der Waals surface area contributed by atoms with Crippen molar-refractivity contribution in [1.82, 2.24) is 20.9 Å². The largest absolute Gasteiger partial charge is 0.489 e. The standard InChI is InChI=1S/C25H25N5O4/c1-15-10-16(20-4-2-3-5-21(20)27-15)13-34-19-8-6-18(7-9-19)28-22(31)11-17-12-26-14-25(17)23(32)29-24(33)30-25/h2-10,17,26H,11-14H2,1H3,(H,28,31)(H2,29,30,32,33). The fraction of sp³-hybridized carbons (Fsp3) is 0.280. The number of fused-ring (bicyclic) bond motifs is 1. The fourth-order valence-corrected chi connectivity index (χ4v) is 4.67. The highest BCUT2D eigenvalue weighted by Crippen LogP contribution is 2.29. The number of para-hydroxylation sites is 1. The van der Waals surface area contributed by atoms with Gasteiger partial charge >= 0.3 is 6.03 Å². The van der Waals surface area contributed by atoms with Crippen LogP contribution in [0, 0.1) is 12.8 Å². The number of nitrogens with zero attached hydrogens (tertiary/aromatic N) is 1. The Morgan fingerprint density at radius 1 is 1.18 bits per heavy atom. The summed E-state index contributed by atoms with van der Waals surface area (Å²) in [5, 5.41) is 12.0. The van der Waals surface area contributed by atoms with Crippen molar-refractivity contribution >= 4 is 34.4 Å². The molecular weight excluding hydrogens is 434 g/mol. The third-order valence-corrected chi connectivity index (χ3v) is 6.35. The molecule has 2 aromatic carbocycles. The predicted octanol–water partition coefficient (Wildman–Crippen LogP) is 2.25. The summed E-state index contributed by atoms with van der Waals surface area (Å²) in [5.41, 5.74) is 2.49. The Morgan fingerprint density at radius 3 is 2.74 bits per heavy atom. The number of hydrogen-bond donors (Lipinski definition) is 4. The molecule has 174 valence electrons. The molecule has 2 saturated heterocycles. The van der Waals surface area contributed by atoms with Crippen molar-refractivity contribution < 1.29 is 19.1 Å². The Balaban J connectivity index is 1.19. The molecule has 3 heterocycles. The van der Waals surface area contributed by atoms with E-state index < -0.39 is 11.6 Å². The van der Waals surface area contributed by atoms with E-state index >= 15 is 0 Å². The first-order chi connectivity index (χ1) is 16.4. The number of anilines is 1. The highest BCUT2D eigenvalue weighted by molar-refractivity contribution is 6.08. The van der Waals surface area contributed by atoms with Crippen LogP contribution in [0.3, 0.4) is 0 Å². The van der Waals surface area contributed by atoms with Gasteiger partial charge in [-0.2, -0.15) is 0 Å². The van der Waals surface area contributed by atoms with E-state index in [1.54, 1.807) is 24.3 Å². The topological polar surface area (TPSA) is 121 Å². The van der Waals surface area contributed by atoms with Crippen molar-refractivity contribution in [1.29, 1.82) is 0 Å². The molecule has 2 fully saturated rings. The Hall–Kier alpha value is -3.98. The number of aromatic nitrogens is 1. The van der Waals surface area contributed by atoms with Crippen molar-refractivity contribution in [2.45, 2.75) is 25.5 Å². The third kappa shape index (κ3) is 4.17. The second kappa shape index (κ2) is 8.75. The van der Waals surface area contributed by atoms with Crippen molar-refractivity contribution in [3.05, 3.63) is 65.9 Å². The summed E-state index contributed by atoms with van der Waals surface area (Å²) in [7, 11) is 0. The number of carbonyl (C=O) groups excluding carboxylic acids is 3. The molecule has 1 aromatic heterocycles. The molecule has 5 rings (SSSR count). The molecule has 0 saturated carbocycles. The number of hydrogen-bond acceptors (Lipinski definition) is 6. The minimum Gasteiger partial charge on any atom is -0.489 e. The molecule has 2 unspecified atom stereocenters. The number of carbonyl (C=O) groups is 3. The van der Waals surface area contributed by atoms with Crippen molar-refractivity contribution in [2.24, 2.45) is 5.92 Å². The summed E-state index contributed by atoms with van der Waals surface area (Å²) in [6.07, 6.45) is 0.105. The smallest absolute Gasteiger partial charge is 0.322 e. The normalized spacial score (nSPS) is 21.5.